The smallest absolute Gasteiger partial charge is 0.0564 e. The molecule has 0 aromatic carbocycles. The quantitative estimate of drug-likeness (QED) is 0.591. The maximum absolute atomic E-state index is 9.02. The van der Waals surface area contributed by atoms with Crippen LogP contribution in [0.5, 0.6) is 0 Å². The minimum atomic E-state index is -0.394. The van der Waals surface area contributed by atoms with Gasteiger partial charge in [0.2, 0.25) is 0 Å². The highest BCUT2D eigenvalue weighted by Gasteiger charge is 2.16. The first-order valence-electron chi connectivity index (χ1n) is 3.38. The molecule has 9 heavy (non-hydrogen) atoms. The average Bonchev–Trinajstić information content (AvgIpc) is 1.64. The molecule has 0 fully saturated rings. The van der Waals surface area contributed by atoms with Gasteiger partial charge in [-0.15, -0.1) is 0 Å². The summed E-state index contributed by atoms with van der Waals surface area (Å²) in [7, 11) is 0. The van der Waals surface area contributed by atoms with E-state index in [0.717, 1.165) is 0 Å². The summed E-state index contributed by atoms with van der Waals surface area (Å²) in [5.41, 5.74) is 0. The van der Waals surface area contributed by atoms with Gasteiger partial charge in [0.25, 0.3) is 0 Å². The third kappa shape index (κ3) is 2.82. The Kier molecular flexibility index (Phi) is 3.82. The van der Waals surface area contributed by atoms with E-state index in [2.05, 4.69) is 0 Å². The lowest BCUT2D eigenvalue weighted by atomic mass is 9.92. The molecular formula is C7H16O2. The summed E-state index contributed by atoms with van der Waals surface area (Å²) < 4.78 is 0. The molecule has 2 nitrogen and oxygen atoms in total. The Morgan fingerprint density at radius 1 is 1.22 bits per heavy atom. The van der Waals surface area contributed by atoms with Crippen molar-refractivity contribution in [3.63, 3.8) is 0 Å². The Balaban J connectivity index is 3.68. The van der Waals surface area contributed by atoms with Gasteiger partial charge in [0, 0.05) is 12.5 Å². The summed E-state index contributed by atoms with van der Waals surface area (Å²) in [5.74, 6) is 0.389. The van der Waals surface area contributed by atoms with Gasteiger partial charge < -0.3 is 10.2 Å². The van der Waals surface area contributed by atoms with Crippen molar-refractivity contribution >= 4 is 0 Å². The van der Waals surface area contributed by atoms with E-state index in [0.29, 0.717) is 5.92 Å². The van der Waals surface area contributed by atoms with Crippen LogP contribution in [-0.4, -0.2) is 22.9 Å². The zero-order valence-electron chi connectivity index (χ0n) is 6.33. The first-order chi connectivity index (χ1) is 4.09. The Bertz CT molecular complexity index is 61.3. The van der Waals surface area contributed by atoms with Crippen molar-refractivity contribution < 1.29 is 10.2 Å². The van der Waals surface area contributed by atoms with E-state index >= 15 is 0 Å². The fourth-order valence-corrected chi connectivity index (χ4v) is 0.920. The predicted molar refractivity (Wildman–Crippen MR) is 37.1 cm³/mol. The maximum Gasteiger partial charge on any atom is 0.0564 e. The molecule has 0 amide bonds. The summed E-state index contributed by atoms with van der Waals surface area (Å²) in [4.78, 5) is 0. The lowest BCUT2D eigenvalue weighted by Gasteiger charge is -2.20. The van der Waals surface area contributed by atoms with Crippen molar-refractivity contribution in [3.05, 3.63) is 0 Å². The molecule has 2 N–H and O–H groups in total. The van der Waals surface area contributed by atoms with Crippen LogP contribution in [-0.2, 0) is 0 Å². The molecule has 0 bridgehead atoms. The van der Waals surface area contributed by atoms with Gasteiger partial charge in [0.05, 0.1) is 6.10 Å². The van der Waals surface area contributed by atoms with Gasteiger partial charge in [-0.2, -0.15) is 0 Å². The van der Waals surface area contributed by atoms with Crippen LogP contribution in [0.4, 0.5) is 0 Å². The normalized spacial score (nSPS) is 18.0. The average molecular weight is 132 g/mol. The van der Waals surface area contributed by atoms with Gasteiger partial charge in [0.15, 0.2) is 0 Å². The Hall–Kier alpha value is -0.0800. The summed E-state index contributed by atoms with van der Waals surface area (Å²) in [5, 5.41) is 17.7. The number of hydrogen-bond acceptors (Lipinski definition) is 2. The van der Waals surface area contributed by atoms with Crippen LogP contribution in [0.3, 0.4) is 0 Å². The van der Waals surface area contributed by atoms with Crippen molar-refractivity contribution in [2.75, 3.05) is 6.61 Å². The molecule has 0 saturated heterocycles. The van der Waals surface area contributed by atoms with Crippen LogP contribution in [0.1, 0.15) is 20.8 Å². The summed E-state index contributed by atoms with van der Waals surface area (Å²) in [6, 6.07) is 0. The molecule has 0 aliphatic heterocycles. The van der Waals surface area contributed by atoms with E-state index in [1.54, 1.807) is 6.92 Å². The van der Waals surface area contributed by atoms with Gasteiger partial charge in [0.1, 0.15) is 0 Å². The van der Waals surface area contributed by atoms with E-state index < -0.39 is 6.10 Å². The van der Waals surface area contributed by atoms with Gasteiger partial charge in [-0.1, -0.05) is 13.8 Å². The summed E-state index contributed by atoms with van der Waals surface area (Å²) in [6.07, 6.45) is -0.394. The Morgan fingerprint density at radius 2 is 1.67 bits per heavy atom. The summed E-state index contributed by atoms with van der Waals surface area (Å²) >= 11 is 0. The molecule has 0 rings (SSSR count). The topological polar surface area (TPSA) is 40.5 Å². The minimum absolute atomic E-state index is 0.0324. The van der Waals surface area contributed by atoms with Gasteiger partial charge in [-0.25, -0.2) is 0 Å². The number of rotatable bonds is 3. The highest BCUT2D eigenvalue weighted by Crippen LogP contribution is 2.13. The Morgan fingerprint density at radius 3 is 1.67 bits per heavy atom. The van der Waals surface area contributed by atoms with Crippen molar-refractivity contribution in [3.8, 4) is 0 Å². The summed E-state index contributed by atoms with van der Waals surface area (Å²) in [6.45, 7) is 5.78. The monoisotopic (exact) mass is 132 g/mol. The SMILES string of the molecule is CC(C)[C@@H](CO)[C@@H](C)O. The van der Waals surface area contributed by atoms with Crippen molar-refractivity contribution in [2.24, 2.45) is 11.8 Å². The molecule has 2 heteroatoms. The van der Waals surface area contributed by atoms with Crippen molar-refractivity contribution in [1.29, 1.82) is 0 Å². The van der Waals surface area contributed by atoms with Gasteiger partial charge in [-0.05, 0) is 12.8 Å². The van der Waals surface area contributed by atoms with E-state index in [1.807, 2.05) is 13.8 Å². The Labute approximate surface area is 56.5 Å². The fourth-order valence-electron chi connectivity index (χ4n) is 0.920. The molecule has 0 saturated carbocycles. The fraction of sp³-hybridized carbons (Fsp3) is 1.00. The molecule has 0 spiro atoms. The van der Waals surface area contributed by atoms with Gasteiger partial charge >= 0.3 is 0 Å². The number of aliphatic hydroxyl groups is 2. The zero-order valence-corrected chi connectivity index (χ0v) is 6.33. The van der Waals surface area contributed by atoms with Crippen LogP contribution in [0.15, 0.2) is 0 Å². The predicted octanol–water partition coefficient (Wildman–Crippen LogP) is 0.632. The second-order valence-electron chi connectivity index (χ2n) is 2.83. The van der Waals surface area contributed by atoms with E-state index in [1.165, 1.54) is 0 Å². The highest BCUT2D eigenvalue weighted by atomic mass is 16.3. The third-order valence-corrected chi connectivity index (χ3v) is 1.69. The maximum atomic E-state index is 9.02. The molecule has 56 valence electrons. The largest absolute Gasteiger partial charge is 0.396 e. The van der Waals surface area contributed by atoms with Crippen LogP contribution < -0.4 is 0 Å². The molecule has 0 aromatic heterocycles. The molecule has 2 atom stereocenters. The first-order valence-corrected chi connectivity index (χ1v) is 3.38. The lowest BCUT2D eigenvalue weighted by molar-refractivity contribution is 0.0542. The van der Waals surface area contributed by atoms with Crippen LogP contribution in [0.25, 0.3) is 0 Å². The van der Waals surface area contributed by atoms with E-state index in [9.17, 15) is 0 Å². The zero-order chi connectivity index (χ0) is 7.44. The second kappa shape index (κ2) is 3.85. The number of aliphatic hydroxyl groups excluding tert-OH is 2. The molecule has 0 unspecified atom stereocenters. The molecule has 0 aliphatic rings. The van der Waals surface area contributed by atoms with Crippen molar-refractivity contribution in [1.82, 2.24) is 0 Å². The third-order valence-electron chi connectivity index (χ3n) is 1.69. The van der Waals surface area contributed by atoms with E-state index in [4.69, 9.17) is 10.2 Å². The molecule has 0 radical (unpaired) electrons. The molecule has 0 aromatic rings. The molecule has 0 aliphatic carbocycles. The van der Waals surface area contributed by atoms with Crippen LogP contribution >= 0.6 is 0 Å². The number of hydrogen-bond donors (Lipinski definition) is 2. The standard InChI is InChI=1S/C7H16O2/c1-5(2)7(4-8)6(3)9/h5-9H,4H2,1-3H3/t6-,7-/m1/s1. The van der Waals surface area contributed by atoms with Crippen LogP contribution in [0, 0.1) is 11.8 Å². The van der Waals surface area contributed by atoms with Gasteiger partial charge in [-0.3, -0.25) is 0 Å². The van der Waals surface area contributed by atoms with E-state index in [-0.39, 0.29) is 12.5 Å². The molecular weight excluding hydrogens is 116 g/mol. The minimum Gasteiger partial charge on any atom is -0.396 e. The lowest BCUT2D eigenvalue weighted by Crippen LogP contribution is -2.25. The van der Waals surface area contributed by atoms with Crippen LogP contribution in [0.2, 0.25) is 0 Å². The van der Waals surface area contributed by atoms with Crippen molar-refractivity contribution in [2.45, 2.75) is 26.9 Å². The highest BCUT2D eigenvalue weighted by molar-refractivity contribution is 4.66. The second-order valence-corrected chi connectivity index (χ2v) is 2.83. The first kappa shape index (κ1) is 8.92. The molecule has 0 heterocycles.